The number of benzene rings is 1. The van der Waals surface area contributed by atoms with E-state index < -0.39 is 11.7 Å². The van der Waals surface area contributed by atoms with Crippen LogP contribution in [0.1, 0.15) is 58.4 Å². The van der Waals surface area contributed by atoms with Crippen LogP contribution >= 0.6 is 0 Å². The molecule has 144 valence electrons. The zero-order valence-electron chi connectivity index (χ0n) is 16.1. The van der Waals surface area contributed by atoms with Gasteiger partial charge in [-0.25, -0.2) is 9.59 Å². The number of amides is 3. The van der Waals surface area contributed by atoms with Crippen LogP contribution in [0, 0.1) is 0 Å². The van der Waals surface area contributed by atoms with Crippen LogP contribution in [0.4, 0.5) is 15.3 Å². The quantitative estimate of drug-likeness (QED) is 0.735. The summed E-state index contributed by atoms with van der Waals surface area (Å²) in [6.45, 7) is 5.98. The minimum Gasteiger partial charge on any atom is -0.444 e. The summed E-state index contributed by atoms with van der Waals surface area (Å²) in [5, 5.41) is 8.68. The van der Waals surface area contributed by atoms with Crippen molar-refractivity contribution in [3.05, 3.63) is 29.8 Å². The number of alkyl carbamates (subject to hydrolysis) is 1. The molecule has 0 unspecified atom stereocenters. The highest BCUT2D eigenvalue weighted by Crippen LogP contribution is 2.18. The Morgan fingerprint density at radius 3 is 2.58 bits per heavy atom. The Labute approximate surface area is 156 Å². The van der Waals surface area contributed by atoms with E-state index in [1.54, 1.807) is 0 Å². The van der Waals surface area contributed by atoms with Crippen molar-refractivity contribution in [2.45, 2.75) is 70.9 Å². The first-order chi connectivity index (χ1) is 12.3. The molecule has 1 saturated carbocycles. The number of hydrogen-bond donors (Lipinski definition) is 3. The van der Waals surface area contributed by atoms with Gasteiger partial charge in [0.1, 0.15) is 5.60 Å². The number of ether oxygens (including phenoxy) is 1. The fourth-order valence-corrected chi connectivity index (χ4v) is 3.03. The maximum Gasteiger partial charge on any atom is 0.407 e. The first-order valence-corrected chi connectivity index (χ1v) is 9.45. The first kappa shape index (κ1) is 20.1. The van der Waals surface area contributed by atoms with Crippen molar-refractivity contribution in [1.29, 1.82) is 0 Å². The van der Waals surface area contributed by atoms with Gasteiger partial charge in [0.05, 0.1) is 0 Å². The van der Waals surface area contributed by atoms with Crippen LogP contribution in [-0.2, 0) is 11.2 Å². The lowest BCUT2D eigenvalue weighted by atomic mass is 9.96. The molecule has 0 aromatic heterocycles. The van der Waals surface area contributed by atoms with Gasteiger partial charge in [0.2, 0.25) is 0 Å². The number of hydrogen-bond acceptors (Lipinski definition) is 3. The molecule has 26 heavy (non-hydrogen) atoms. The van der Waals surface area contributed by atoms with Crippen molar-refractivity contribution in [3.8, 4) is 0 Å². The molecule has 0 aliphatic heterocycles. The summed E-state index contributed by atoms with van der Waals surface area (Å²) in [5.41, 5.74) is 1.30. The third kappa shape index (κ3) is 7.76. The summed E-state index contributed by atoms with van der Waals surface area (Å²) in [7, 11) is 0. The molecular weight excluding hydrogens is 330 g/mol. The Morgan fingerprint density at radius 1 is 1.15 bits per heavy atom. The van der Waals surface area contributed by atoms with E-state index >= 15 is 0 Å². The summed E-state index contributed by atoms with van der Waals surface area (Å²) < 4.78 is 5.21. The monoisotopic (exact) mass is 361 g/mol. The molecule has 1 aromatic carbocycles. The van der Waals surface area contributed by atoms with Crippen LogP contribution < -0.4 is 16.0 Å². The predicted octanol–water partition coefficient (Wildman–Crippen LogP) is 4.21. The lowest BCUT2D eigenvalue weighted by molar-refractivity contribution is 0.0528. The van der Waals surface area contributed by atoms with Crippen LogP contribution in [0.5, 0.6) is 0 Å². The Balaban J connectivity index is 1.76. The largest absolute Gasteiger partial charge is 0.444 e. The minimum atomic E-state index is -0.500. The summed E-state index contributed by atoms with van der Waals surface area (Å²) in [6.07, 6.45) is 6.00. The Hall–Kier alpha value is -2.24. The van der Waals surface area contributed by atoms with E-state index in [1.165, 1.54) is 19.3 Å². The van der Waals surface area contributed by atoms with E-state index in [0.717, 1.165) is 24.1 Å². The SMILES string of the molecule is CC(C)(C)OC(=O)NCCc1cccc(NC(=O)NC2CCCCC2)c1. The summed E-state index contributed by atoms with van der Waals surface area (Å²) in [5.74, 6) is 0. The number of carbonyl (C=O) groups is 2. The molecule has 1 aliphatic carbocycles. The molecule has 0 bridgehead atoms. The second kappa shape index (κ2) is 9.46. The highest BCUT2D eigenvalue weighted by molar-refractivity contribution is 5.89. The van der Waals surface area contributed by atoms with E-state index in [-0.39, 0.29) is 12.1 Å². The van der Waals surface area contributed by atoms with Crippen LogP contribution in [0.3, 0.4) is 0 Å². The van der Waals surface area contributed by atoms with Crippen molar-refractivity contribution in [3.63, 3.8) is 0 Å². The summed E-state index contributed by atoms with van der Waals surface area (Å²) in [4.78, 5) is 23.8. The second-order valence-electron chi connectivity index (χ2n) is 7.81. The fourth-order valence-electron chi connectivity index (χ4n) is 3.03. The van der Waals surface area contributed by atoms with E-state index in [9.17, 15) is 9.59 Å². The Bertz CT molecular complexity index is 605. The highest BCUT2D eigenvalue weighted by atomic mass is 16.6. The van der Waals surface area contributed by atoms with Crippen molar-refractivity contribution in [1.82, 2.24) is 10.6 Å². The molecule has 1 fully saturated rings. The van der Waals surface area contributed by atoms with Crippen molar-refractivity contribution < 1.29 is 14.3 Å². The van der Waals surface area contributed by atoms with E-state index in [1.807, 2.05) is 45.0 Å². The predicted molar refractivity (Wildman–Crippen MR) is 103 cm³/mol. The van der Waals surface area contributed by atoms with Gasteiger partial charge in [0.15, 0.2) is 0 Å². The number of carbonyl (C=O) groups excluding carboxylic acids is 2. The van der Waals surface area contributed by atoms with E-state index in [2.05, 4.69) is 16.0 Å². The van der Waals surface area contributed by atoms with Crippen molar-refractivity contribution in [2.24, 2.45) is 0 Å². The lowest BCUT2D eigenvalue weighted by Crippen LogP contribution is -2.39. The standard InChI is InChI=1S/C20H31N3O3/c1-20(2,3)26-19(25)21-13-12-15-8-7-11-17(14-15)23-18(24)22-16-9-5-4-6-10-16/h7-8,11,14,16H,4-6,9-10,12-13H2,1-3H3,(H,21,25)(H2,22,23,24). The van der Waals surface area contributed by atoms with Crippen LogP contribution in [0.25, 0.3) is 0 Å². The van der Waals surface area contributed by atoms with Gasteiger partial charge in [-0.15, -0.1) is 0 Å². The molecule has 0 spiro atoms. The van der Waals surface area contributed by atoms with Gasteiger partial charge < -0.3 is 20.7 Å². The van der Waals surface area contributed by atoms with Gasteiger partial charge in [-0.1, -0.05) is 31.4 Å². The van der Waals surface area contributed by atoms with Crippen LogP contribution in [0.15, 0.2) is 24.3 Å². The molecule has 3 N–H and O–H groups in total. The zero-order chi connectivity index (χ0) is 19.0. The third-order valence-electron chi connectivity index (χ3n) is 4.21. The maximum atomic E-state index is 12.1. The molecule has 2 rings (SSSR count). The normalized spacial score (nSPS) is 15.2. The van der Waals surface area contributed by atoms with Crippen LogP contribution in [-0.4, -0.2) is 30.3 Å². The summed E-state index contributed by atoms with van der Waals surface area (Å²) >= 11 is 0. The fraction of sp³-hybridized carbons (Fsp3) is 0.600. The minimum absolute atomic E-state index is 0.152. The van der Waals surface area contributed by atoms with Gasteiger partial charge in [-0.05, 0) is 57.7 Å². The number of rotatable bonds is 5. The molecule has 1 aromatic rings. The molecule has 1 aliphatic rings. The molecule has 0 radical (unpaired) electrons. The smallest absolute Gasteiger partial charge is 0.407 e. The molecule has 0 saturated heterocycles. The topological polar surface area (TPSA) is 79.5 Å². The lowest BCUT2D eigenvalue weighted by Gasteiger charge is -2.23. The molecule has 6 heteroatoms. The first-order valence-electron chi connectivity index (χ1n) is 9.45. The molecule has 6 nitrogen and oxygen atoms in total. The van der Waals surface area contributed by atoms with Gasteiger partial charge >= 0.3 is 12.1 Å². The van der Waals surface area contributed by atoms with Gasteiger partial charge in [-0.2, -0.15) is 0 Å². The van der Waals surface area contributed by atoms with Crippen molar-refractivity contribution >= 4 is 17.8 Å². The zero-order valence-corrected chi connectivity index (χ0v) is 16.1. The highest BCUT2D eigenvalue weighted by Gasteiger charge is 2.16. The molecule has 3 amide bonds. The third-order valence-corrected chi connectivity index (χ3v) is 4.21. The maximum absolute atomic E-state index is 12.1. The number of nitrogens with one attached hydrogen (secondary N) is 3. The summed E-state index contributed by atoms with van der Waals surface area (Å²) in [6, 6.07) is 7.80. The second-order valence-corrected chi connectivity index (χ2v) is 7.81. The van der Waals surface area contributed by atoms with Crippen molar-refractivity contribution in [2.75, 3.05) is 11.9 Å². The van der Waals surface area contributed by atoms with E-state index in [4.69, 9.17) is 4.74 Å². The van der Waals surface area contributed by atoms with E-state index in [0.29, 0.717) is 13.0 Å². The van der Waals surface area contributed by atoms with Gasteiger partial charge in [0, 0.05) is 18.3 Å². The van der Waals surface area contributed by atoms with Gasteiger partial charge in [-0.3, -0.25) is 0 Å². The number of anilines is 1. The molecule has 0 atom stereocenters. The van der Waals surface area contributed by atoms with Gasteiger partial charge in [0.25, 0.3) is 0 Å². The molecular formula is C20H31N3O3. The Morgan fingerprint density at radius 2 is 1.88 bits per heavy atom. The molecule has 0 heterocycles. The average Bonchev–Trinajstić information content (AvgIpc) is 2.54. The number of urea groups is 1. The Kier molecular flexibility index (Phi) is 7.30. The average molecular weight is 361 g/mol. The van der Waals surface area contributed by atoms with Crippen LogP contribution in [0.2, 0.25) is 0 Å².